The molecule has 0 bridgehead atoms. The summed E-state index contributed by atoms with van der Waals surface area (Å²) in [6, 6.07) is 18.1. The van der Waals surface area contributed by atoms with Crippen LogP contribution in [-0.2, 0) is 4.79 Å². The Hall–Kier alpha value is -3.83. The van der Waals surface area contributed by atoms with E-state index in [4.69, 9.17) is 0 Å². The number of rotatable bonds is 5. The molecular weight excluding hydrogens is 537 g/mol. The quantitative estimate of drug-likeness (QED) is 0.161. The summed E-state index contributed by atoms with van der Waals surface area (Å²) in [4.78, 5) is 33.1. The molecule has 11 heteroatoms. The molecule has 3 aromatic carbocycles. The second-order valence-corrected chi connectivity index (χ2v) is 9.28. The van der Waals surface area contributed by atoms with Gasteiger partial charge in [-0.05, 0) is 48.5 Å². The number of halogens is 2. The molecule has 0 unspecified atom stereocenters. The van der Waals surface area contributed by atoms with Gasteiger partial charge >= 0.3 is 0 Å². The van der Waals surface area contributed by atoms with Gasteiger partial charge in [-0.25, -0.2) is 9.37 Å². The van der Waals surface area contributed by atoms with Gasteiger partial charge < -0.3 is 10.1 Å². The van der Waals surface area contributed by atoms with Gasteiger partial charge in [-0.1, -0.05) is 45.9 Å². The number of fused-ring (bicyclic) bond motifs is 2. The zero-order valence-electron chi connectivity index (χ0n) is 17.8. The summed E-state index contributed by atoms with van der Waals surface area (Å²) >= 11 is 4.42. The highest BCUT2D eigenvalue weighted by Gasteiger charge is 2.16. The zero-order chi connectivity index (χ0) is 24.5. The topological polar surface area (TPSA) is 113 Å². The average Bonchev–Trinajstić information content (AvgIpc) is 3.16. The minimum atomic E-state index is -0.620. The number of para-hydroxylation sites is 1. The van der Waals surface area contributed by atoms with E-state index in [-0.39, 0.29) is 22.9 Å². The van der Waals surface area contributed by atoms with E-state index < -0.39 is 11.7 Å². The Morgan fingerprint density at radius 2 is 1.91 bits per heavy atom. The maximum Gasteiger partial charge on any atom is 0.275 e. The summed E-state index contributed by atoms with van der Waals surface area (Å²) in [5.74, 6) is -1.62. The lowest BCUT2D eigenvalue weighted by atomic mass is 10.2. The highest BCUT2D eigenvalue weighted by molar-refractivity contribution is 9.10. The van der Waals surface area contributed by atoms with Gasteiger partial charge in [0, 0.05) is 9.86 Å². The van der Waals surface area contributed by atoms with E-state index in [9.17, 15) is 19.1 Å². The minimum Gasteiger partial charge on any atom is -0.493 e. The fourth-order valence-corrected chi connectivity index (χ4v) is 4.69. The van der Waals surface area contributed by atoms with Crippen molar-refractivity contribution < 1.29 is 14.3 Å². The molecule has 0 saturated heterocycles. The number of nitrogens with one attached hydrogen (secondary N) is 1. The van der Waals surface area contributed by atoms with Gasteiger partial charge in [0.25, 0.3) is 11.5 Å². The molecule has 8 nitrogen and oxygen atoms in total. The number of azo groups is 1. The molecule has 5 aromatic rings. The predicted octanol–water partition coefficient (Wildman–Crippen LogP) is 5.88. The van der Waals surface area contributed by atoms with Crippen molar-refractivity contribution in [2.75, 3.05) is 5.75 Å². The van der Waals surface area contributed by atoms with Crippen LogP contribution in [0.5, 0.6) is 5.88 Å². The third-order valence-electron chi connectivity index (χ3n) is 5.11. The number of hydrogen-bond donors (Lipinski definition) is 2. The van der Waals surface area contributed by atoms with Gasteiger partial charge in [-0.2, -0.15) is 0 Å². The highest BCUT2D eigenvalue weighted by Crippen LogP contribution is 2.35. The van der Waals surface area contributed by atoms with E-state index in [1.807, 2.05) is 6.07 Å². The standard InChI is InChI=1S/C24H15BrFN5O3S/c25-13-6-8-19-17(10-13)23(34)31(15-4-2-1-3-5-15)24(28-19)35-12-20(32)29-30-21-16-11-14(26)7-9-18(16)27-22(21)33/h1-11,27,33H,12H2. The van der Waals surface area contributed by atoms with E-state index in [2.05, 4.69) is 36.1 Å². The molecular formula is C24H15BrFN5O3S. The predicted molar refractivity (Wildman–Crippen MR) is 135 cm³/mol. The highest BCUT2D eigenvalue weighted by atomic mass is 79.9. The molecule has 0 saturated carbocycles. The molecule has 2 N–H and O–H groups in total. The molecule has 5 rings (SSSR count). The van der Waals surface area contributed by atoms with Crippen molar-refractivity contribution in [2.45, 2.75) is 5.16 Å². The average molecular weight is 552 g/mol. The molecule has 2 heterocycles. The third-order valence-corrected chi connectivity index (χ3v) is 6.53. The van der Waals surface area contributed by atoms with E-state index >= 15 is 0 Å². The Labute approximate surface area is 209 Å². The van der Waals surface area contributed by atoms with Gasteiger partial charge in [0.05, 0.1) is 27.9 Å². The summed E-state index contributed by atoms with van der Waals surface area (Å²) in [5, 5.41) is 18.6. The molecule has 0 spiro atoms. The Morgan fingerprint density at radius 3 is 2.71 bits per heavy atom. The fraction of sp³-hybridized carbons (Fsp3) is 0.0417. The summed E-state index contributed by atoms with van der Waals surface area (Å²) in [7, 11) is 0. The van der Waals surface area contributed by atoms with Gasteiger partial charge in [-0.15, -0.1) is 10.2 Å². The van der Waals surface area contributed by atoms with Crippen LogP contribution < -0.4 is 5.56 Å². The fourth-order valence-electron chi connectivity index (χ4n) is 3.54. The summed E-state index contributed by atoms with van der Waals surface area (Å²) < 4.78 is 15.8. The second-order valence-electron chi connectivity index (χ2n) is 7.43. The Bertz CT molecular complexity index is 1680. The smallest absolute Gasteiger partial charge is 0.275 e. The van der Waals surface area contributed by atoms with Crippen LogP contribution in [-0.4, -0.2) is 31.3 Å². The SMILES string of the molecule is O=C(CSc1nc2ccc(Br)cc2c(=O)n1-c1ccccc1)N=Nc1c(O)[nH]c2ccc(F)cc12. The molecule has 0 aliphatic heterocycles. The Kier molecular flexibility index (Phi) is 6.18. The van der Waals surface area contributed by atoms with Crippen LogP contribution in [0, 0.1) is 5.82 Å². The van der Waals surface area contributed by atoms with Crippen LogP contribution in [0.25, 0.3) is 27.5 Å². The normalized spacial score (nSPS) is 11.6. The van der Waals surface area contributed by atoms with Gasteiger partial charge in [0.15, 0.2) is 10.8 Å². The first kappa shape index (κ1) is 22.9. The molecule has 0 atom stereocenters. The first-order valence-corrected chi connectivity index (χ1v) is 12.0. The Balaban J connectivity index is 1.46. The number of aromatic amines is 1. The van der Waals surface area contributed by atoms with Crippen LogP contribution in [0.1, 0.15) is 0 Å². The first-order chi connectivity index (χ1) is 16.9. The first-order valence-electron chi connectivity index (χ1n) is 10.3. The number of aromatic hydroxyl groups is 1. The number of H-pyrrole nitrogens is 1. The van der Waals surface area contributed by atoms with Crippen molar-refractivity contribution in [1.82, 2.24) is 14.5 Å². The van der Waals surface area contributed by atoms with Crippen molar-refractivity contribution in [3.8, 4) is 11.6 Å². The number of nitrogens with zero attached hydrogens (tertiary/aromatic N) is 4. The van der Waals surface area contributed by atoms with E-state index in [0.29, 0.717) is 32.6 Å². The van der Waals surface area contributed by atoms with Crippen molar-refractivity contribution in [2.24, 2.45) is 10.2 Å². The third kappa shape index (κ3) is 4.60. The summed E-state index contributed by atoms with van der Waals surface area (Å²) in [6.07, 6.45) is 0. The number of hydrogen-bond acceptors (Lipinski definition) is 6. The van der Waals surface area contributed by atoms with E-state index in [1.165, 1.54) is 22.8 Å². The molecule has 2 aromatic heterocycles. The molecule has 174 valence electrons. The number of benzene rings is 3. The van der Waals surface area contributed by atoms with Crippen molar-refractivity contribution in [3.05, 3.63) is 87.4 Å². The maximum absolute atomic E-state index is 13.6. The molecule has 0 radical (unpaired) electrons. The van der Waals surface area contributed by atoms with Crippen molar-refractivity contribution in [1.29, 1.82) is 0 Å². The molecule has 0 fully saturated rings. The summed E-state index contributed by atoms with van der Waals surface area (Å²) in [6.45, 7) is 0. The van der Waals surface area contributed by atoms with E-state index in [1.54, 1.807) is 42.5 Å². The lowest BCUT2D eigenvalue weighted by Gasteiger charge is -2.12. The molecule has 1 amide bonds. The second kappa shape index (κ2) is 9.43. The minimum absolute atomic E-state index is 0.0338. The summed E-state index contributed by atoms with van der Waals surface area (Å²) in [5.41, 5.74) is 1.25. The van der Waals surface area contributed by atoms with Crippen LogP contribution in [0.3, 0.4) is 0 Å². The lowest BCUT2D eigenvalue weighted by molar-refractivity contribution is -0.115. The van der Waals surface area contributed by atoms with Gasteiger partial charge in [0.2, 0.25) is 5.88 Å². The molecule has 35 heavy (non-hydrogen) atoms. The Morgan fingerprint density at radius 1 is 1.11 bits per heavy atom. The number of carbonyl (C=O) groups is 1. The number of carbonyl (C=O) groups excluding carboxylic acids is 1. The van der Waals surface area contributed by atoms with Crippen molar-refractivity contribution >= 4 is 61.1 Å². The van der Waals surface area contributed by atoms with Crippen LogP contribution in [0.2, 0.25) is 0 Å². The van der Waals surface area contributed by atoms with Gasteiger partial charge in [-0.3, -0.25) is 14.2 Å². The monoisotopic (exact) mass is 551 g/mol. The van der Waals surface area contributed by atoms with Gasteiger partial charge in [0.1, 0.15) is 5.82 Å². The van der Waals surface area contributed by atoms with E-state index in [0.717, 1.165) is 16.2 Å². The lowest BCUT2D eigenvalue weighted by Crippen LogP contribution is -2.22. The van der Waals surface area contributed by atoms with Crippen LogP contribution in [0.15, 0.2) is 91.4 Å². The maximum atomic E-state index is 13.6. The number of amides is 1. The van der Waals surface area contributed by atoms with Crippen LogP contribution in [0.4, 0.5) is 10.1 Å². The van der Waals surface area contributed by atoms with Crippen molar-refractivity contribution in [3.63, 3.8) is 0 Å². The zero-order valence-corrected chi connectivity index (χ0v) is 20.2. The number of aromatic nitrogens is 3. The molecule has 0 aliphatic rings. The largest absolute Gasteiger partial charge is 0.493 e. The molecule has 0 aliphatic carbocycles. The van der Waals surface area contributed by atoms with Crippen LogP contribution >= 0.6 is 27.7 Å². The number of thioether (sulfide) groups is 1.